The summed E-state index contributed by atoms with van der Waals surface area (Å²) in [4.78, 5) is 2.52. The van der Waals surface area contributed by atoms with Gasteiger partial charge in [0.25, 0.3) is 0 Å². The fourth-order valence-corrected chi connectivity index (χ4v) is 2.82. The summed E-state index contributed by atoms with van der Waals surface area (Å²) < 4.78 is 0. The van der Waals surface area contributed by atoms with Crippen LogP contribution < -0.4 is 10.6 Å². The van der Waals surface area contributed by atoms with E-state index in [0.717, 1.165) is 13.1 Å². The van der Waals surface area contributed by atoms with E-state index in [0.29, 0.717) is 5.41 Å². The van der Waals surface area contributed by atoms with Crippen LogP contribution in [0, 0.1) is 5.41 Å². The van der Waals surface area contributed by atoms with E-state index in [4.69, 9.17) is 5.73 Å². The largest absolute Gasteiger partial charge is 0.371 e. The van der Waals surface area contributed by atoms with E-state index in [1.807, 2.05) is 0 Å². The average molecular weight is 246 g/mol. The van der Waals surface area contributed by atoms with Crippen molar-refractivity contribution in [2.45, 2.75) is 46.1 Å². The van der Waals surface area contributed by atoms with Crippen LogP contribution in [0.4, 0.5) is 5.69 Å². The van der Waals surface area contributed by atoms with Crippen molar-refractivity contribution in [3.63, 3.8) is 0 Å². The third-order valence-corrected chi connectivity index (χ3v) is 4.11. The molecule has 1 atom stereocenters. The molecule has 1 saturated heterocycles. The molecule has 2 rings (SSSR count). The lowest BCUT2D eigenvalue weighted by Crippen LogP contribution is -2.27. The topological polar surface area (TPSA) is 29.3 Å². The van der Waals surface area contributed by atoms with Crippen LogP contribution in [0.3, 0.4) is 0 Å². The maximum absolute atomic E-state index is 6.09. The first-order valence-electron chi connectivity index (χ1n) is 7.09. The molecule has 0 spiro atoms. The van der Waals surface area contributed by atoms with Crippen LogP contribution in [0.15, 0.2) is 24.3 Å². The minimum atomic E-state index is 0.109. The predicted octanol–water partition coefficient (Wildman–Crippen LogP) is 3.72. The summed E-state index contributed by atoms with van der Waals surface area (Å²) >= 11 is 0. The van der Waals surface area contributed by atoms with Crippen molar-refractivity contribution in [3.05, 3.63) is 29.8 Å². The molecule has 2 nitrogen and oxygen atoms in total. The fraction of sp³-hybridized carbons (Fsp3) is 0.625. The Morgan fingerprint density at radius 3 is 2.61 bits per heavy atom. The summed E-state index contributed by atoms with van der Waals surface area (Å²) in [5, 5.41) is 0. The zero-order valence-corrected chi connectivity index (χ0v) is 11.9. The second-order valence-electron chi connectivity index (χ2n) is 6.35. The summed E-state index contributed by atoms with van der Waals surface area (Å²) in [5.41, 5.74) is 9.18. The molecule has 0 aromatic heterocycles. The van der Waals surface area contributed by atoms with Crippen molar-refractivity contribution in [2.75, 3.05) is 18.0 Å². The van der Waals surface area contributed by atoms with Gasteiger partial charge in [0.2, 0.25) is 0 Å². The predicted molar refractivity (Wildman–Crippen MR) is 78.9 cm³/mol. The molecule has 1 fully saturated rings. The number of nitrogens with two attached hydrogens (primary N) is 1. The SMILES string of the molecule is C[C@@H](N)c1ccccc1N1CCCC(C)(C)CC1. The Morgan fingerprint density at radius 2 is 1.89 bits per heavy atom. The molecule has 100 valence electrons. The molecule has 1 aliphatic heterocycles. The Hall–Kier alpha value is -1.02. The molecule has 2 N–H and O–H groups in total. The molecular formula is C16H26N2. The Bertz CT molecular complexity index is 396. The third kappa shape index (κ3) is 3.05. The van der Waals surface area contributed by atoms with E-state index in [9.17, 15) is 0 Å². The molecule has 1 heterocycles. The van der Waals surface area contributed by atoms with Crippen LogP contribution in [0.25, 0.3) is 0 Å². The molecule has 0 aliphatic carbocycles. The molecule has 2 heteroatoms. The van der Waals surface area contributed by atoms with Gasteiger partial charge < -0.3 is 10.6 Å². The summed E-state index contributed by atoms with van der Waals surface area (Å²) in [6.07, 6.45) is 3.87. The monoisotopic (exact) mass is 246 g/mol. The van der Waals surface area contributed by atoms with Gasteiger partial charge in [-0.3, -0.25) is 0 Å². The van der Waals surface area contributed by atoms with Gasteiger partial charge in [0.1, 0.15) is 0 Å². The smallest absolute Gasteiger partial charge is 0.0414 e. The van der Waals surface area contributed by atoms with Gasteiger partial charge in [0, 0.05) is 24.8 Å². The summed E-state index contributed by atoms with van der Waals surface area (Å²) in [7, 11) is 0. The number of hydrogen-bond acceptors (Lipinski definition) is 2. The van der Waals surface area contributed by atoms with E-state index in [1.165, 1.54) is 30.5 Å². The number of hydrogen-bond donors (Lipinski definition) is 1. The second kappa shape index (κ2) is 5.31. The van der Waals surface area contributed by atoms with Crippen LogP contribution in [0.1, 0.15) is 51.6 Å². The summed E-state index contributed by atoms with van der Waals surface area (Å²) in [6, 6.07) is 8.70. The Balaban J connectivity index is 2.21. The Kier molecular flexibility index (Phi) is 3.96. The lowest BCUT2D eigenvalue weighted by Gasteiger charge is -2.27. The van der Waals surface area contributed by atoms with Gasteiger partial charge in [-0.15, -0.1) is 0 Å². The standard InChI is InChI=1S/C16H26N2/c1-13(17)14-7-4-5-8-15(14)18-11-6-9-16(2,3)10-12-18/h4-5,7-8,13H,6,9-12,17H2,1-3H3/t13-/m1/s1. The number of anilines is 1. The van der Waals surface area contributed by atoms with Crippen molar-refractivity contribution in [2.24, 2.45) is 11.1 Å². The van der Waals surface area contributed by atoms with Crippen LogP contribution in [-0.2, 0) is 0 Å². The van der Waals surface area contributed by atoms with E-state index >= 15 is 0 Å². The quantitative estimate of drug-likeness (QED) is 0.861. The first kappa shape index (κ1) is 13.4. The fourth-order valence-electron chi connectivity index (χ4n) is 2.82. The van der Waals surface area contributed by atoms with E-state index in [2.05, 4.69) is 49.9 Å². The lowest BCUT2D eigenvalue weighted by atomic mass is 9.85. The second-order valence-corrected chi connectivity index (χ2v) is 6.35. The molecule has 1 aromatic carbocycles. The van der Waals surface area contributed by atoms with Gasteiger partial charge >= 0.3 is 0 Å². The van der Waals surface area contributed by atoms with Crippen LogP contribution in [0.5, 0.6) is 0 Å². The van der Waals surface area contributed by atoms with Crippen molar-refractivity contribution >= 4 is 5.69 Å². The molecule has 0 bridgehead atoms. The maximum Gasteiger partial charge on any atom is 0.0414 e. The van der Waals surface area contributed by atoms with Crippen LogP contribution in [-0.4, -0.2) is 13.1 Å². The maximum atomic E-state index is 6.09. The highest BCUT2D eigenvalue weighted by Crippen LogP contribution is 2.33. The zero-order valence-electron chi connectivity index (χ0n) is 11.9. The van der Waals surface area contributed by atoms with Gasteiger partial charge in [-0.1, -0.05) is 32.0 Å². The lowest BCUT2D eigenvalue weighted by molar-refractivity contribution is 0.325. The number of benzene rings is 1. The van der Waals surface area contributed by atoms with E-state index in [1.54, 1.807) is 0 Å². The normalized spacial score (nSPS) is 21.4. The van der Waals surface area contributed by atoms with Gasteiger partial charge in [-0.05, 0) is 43.2 Å². The molecular weight excluding hydrogens is 220 g/mol. The van der Waals surface area contributed by atoms with Crippen molar-refractivity contribution in [1.82, 2.24) is 0 Å². The molecule has 0 amide bonds. The minimum absolute atomic E-state index is 0.109. The Morgan fingerprint density at radius 1 is 1.17 bits per heavy atom. The van der Waals surface area contributed by atoms with E-state index < -0.39 is 0 Å². The van der Waals surface area contributed by atoms with Gasteiger partial charge in [0.15, 0.2) is 0 Å². The van der Waals surface area contributed by atoms with Crippen LogP contribution in [0.2, 0.25) is 0 Å². The van der Waals surface area contributed by atoms with Crippen molar-refractivity contribution in [1.29, 1.82) is 0 Å². The van der Waals surface area contributed by atoms with Gasteiger partial charge in [-0.25, -0.2) is 0 Å². The van der Waals surface area contributed by atoms with E-state index in [-0.39, 0.29) is 6.04 Å². The molecule has 18 heavy (non-hydrogen) atoms. The first-order valence-corrected chi connectivity index (χ1v) is 7.09. The minimum Gasteiger partial charge on any atom is -0.371 e. The van der Waals surface area contributed by atoms with Gasteiger partial charge in [0.05, 0.1) is 0 Å². The molecule has 1 aliphatic rings. The molecule has 0 radical (unpaired) electrons. The highest BCUT2D eigenvalue weighted by Gasteiger charge is 2.24. The van der Waals surface area contributed by atoms with Crippen molar-refractivity contribution < 1.29 is 0 Å². The molecule has 0 unspecified atom stereocenters. The highest BCUT2D eigenvalue weighted by atomic mass is 15.1. The molecule has 1 aromatic rings. The summed E-state index contributed by atoms with van der Waals surface area (Å²) in [6.45, 7) is 9.15. The summed E-state index contributed by atoms with van der Waals surface area (Å²) in [5.74, 6) is 0. The average Bonchev–Trinajstić information content (AvgIpc) is 2.50. The first-order chi connectivity index (χ1) is 8.49. The molecule has 0 saturated carbocycles. The highest BCUT2D eigenvalue weighted by molar-refractivity contribution is 5.55. The number of nitrogens with zero attached hydrogens (tertiary/aromatic N) is 1. The van der Waals surface area contributed by atoms with Crippen LogP contribution >= 0.6 is 0 Å². The van der Waals surface area contributed by atoms with Gasteiger partial charge in [-0.2, -0.15) is 0 Å². The van der Waals surface area contributed by atoms with Crippen molar-refractivity contribution in [3.8, 4) is 0 Å². The number of rotatable bonds is 2. The Labute approximate surface area is 111 Å². The number of para-hydroxylation sites is 1. The third-order valence-electron chi connectivity index (χ3n) is 4.11. The zero-order chi connectivity index (χ0) is 13.2.